The summed E-state index contributed by atoms with van der Waals surface area (Å²) < 4.78 is 8.13. The zero-order valence-corrected chi connectivity index (χ0v) is 22.3. The van der Waals surface area contributed by atoms with Gasteiger partial charge in [0.2, 0.25) is 5.43 Å². The van der Waals surface area contributed by atoms with Crippen LogP contribution in [0.5, 0.6) is 0 Å². The molecule has 0 amide bonds. The fraction of sp³-hybridized carbons (Fsp3) is 0.452. The van der Waals surface area contributed by atoms with E-state index in [9.17, 15) is 4.79 Å². The zero-order chi connectivity index (χ0) is 25.7. The maximum Gasteiger partial charge on any atom is 0.200 e. The number of aryl methyl sites for hydroxylation is 2. The van der Waals surface area contributed by atoms with Gasteiger partial charge in [0, 0.05) is 20.1 Å². The van der Waals surface area contributed by atoms with Gasteiger partial charge in [-0.05, 0) is 85.4 Å². The second kappa shape index (κ2) is 9.25. The van der Waals surface area contributed by atoms with Gasteiger partial charge in [0.1, 0.15) is 24.0 Å². The van der Waals surface area contributed by atoms with E-state index in [0.717, 1.165) is 55.3 Å². The van der Waals surface area contributed by atoms with Crippen molar-refractivity contribution in [3.05, 3.63) is 81.7 Å². The maximum absolute atomic E-state index is 13.9. The first-order chi connectivity index (χ1) is 17.8. The van der Waals surface area contributed by atoms with E-state index in [-0.39, 0.29) is 10.8 Å². The second-order valence-corrected chi connectivity index (χ2v) is 11.7. The standard InChI is InChI=1S/C31H36N4O2/c1-20-7-6-10-35(16-20)17-23-11-22(3)29-26(12-23)28(36)27(18-37-29)24-8-5-9-25(13-24)31(14-21(2)15-31)30-33-32-19-34(30)4/h5,8-9,11-13,18-21H,6-7,10,14-17H2,1-4H3. The minimum Gasteiger partial charge on any atom is -0.463 e. The number of hydrogen-bond acceptors (Lipinski definition) is 5. The van der Waals surface area contributed by atoms with Gasteiger partial charge in [0.25, 0.3) is 0 Å². The highest BCUT2D eigenvalue weighted by atomic mass is 16.3. The fourth-order valence-electron chi connectivity index (χ4n) is 6.85. The molecule has 192 valence electrons. The summed E-state index contributed by atoms with van der Waals surface area (Å²) in [6.45, 7) is 9.75. The highest BCUT2D eigenvalue weighted by Crippen LogP contribution is 2.51. The molecule has 1 aliphatic carbocycles. The van der Waals surface area contributed by atoms with Crippen LogP contribution in [0.4, 0.5) is 0 Å². The van der Waals surface area contributed by atoms with E-state index in [1.165, 1.54) is 24.0 Å². The summed E-state index contributed by atoms with van der Waals surface area (Å²) in [6, 6.07) is 12.6. The summed E-state index contributed by atoms with van der Waals surface area (Å²) in [5, 5.41) is 9.31. The number of rotatable bonds is 5. The van der Waals surface area contributed by atoms with Gasteiger partial charge in [0.05, 0.1) is 16.4 Å². The molecule has 2 fully saturated rings. The molecule has 3 heterocycles. The van der Waals surface area contributed by atoms with E-state index < -0.39 is 0 Å². The van der Waals surface area contributed by atoms with E-state index in [1.807, 2.05) is 24.6 Å². The Hall–Kier alpha value is -3.25. The molecule has 6 rings (SSSR count). The molecule has 1 aliphatic heterocycles. The molecule has 0 spiro atoms. The number of nitrogens with zero attached hydrogens (tertiary/aromatic N) is 4. The first kappa shape index (κ1) is 24.1. The van der Waals surface area contributed by atoms with Gasteiger partial charge < -0.3 is 8.98 Å². The molecular weight excluding hydrogens is 460 g/mol. The Morgan fingerprint density at radius 2 is 1.97 bits per heavy atom. The third-order valence-corrected chi connectivity index (χ3v) is 8.53. The molecule has 6 heteroatoms. The average molecular weight is 497 g/mol. The lowest BCUT2D eigenvalue weighted by atomic mass is 9.58. The quantitative estimate of drug-likeness (QED) is 0.347. The van der Waals surface area contributed by atoms with Crippen molar-refractivity contribution in [2.45, 2.75) is 58.4 Å². The third-order valence-electron chi connectivity index (χ3n) is 8.53. The first-order valence-electron chi connectivity index (χ1n) is 13.6. The predicted molar refractivity (Wildman–Crippen MR) is 147 cm³/mol. The van der Waals surface area contributed by atoms with Gasteiger partial charge in [-0.25, -0.2) is 0 Å². The first-order valence-corrected chi connectivity index (χ1v) is 13.6. The van der Waals surface area contributed by atoms with Crippen molar-refractivity contribution in [3.8, 4) is 11.1 Å². The molecule has 6 nitrogen and oxygen atoms in total. The largest absolute Gasteiger partial charge is 0.463 e. The summed E-state index contributed by atoms with van der Waals surface area (Å²) >= 11 is 0. The van der Waals surface area contributed by atoms with Crippen LogP contribution in [0.15, 0.2) is 58.2 Å². The average Bonchev–Trinajstić information content (AvgIpc) is 3.28. The molecule has 0 bridgehead atoms. The molecule has 1 unspecified atom stereocenters. The van der Waals surface area contributed by atoms with Crippen molar-refractivity contribution in [1.29, 1.82) is 0 Å². The van der Waals surface area contributed by atoms with Gasteiger partial charge in [-0.15, -0.1) is 10.2 Å². The topological polar surface area (TPSA) is 64.2 Å². The molecule has 1 saturated heterocycles. The summed E-state index contributed by atoms with van der Waals surface area (Å²) in [6.07, 6.45) is 7.99. The van der Waals surface area contributed by atoms with Crippen LogP contribution in [-0.4, -0.2) is 32.8 Å². The molecular formula is C31H36N4O2. The molecule has 0 radical (unpaired) electrons. The molecule has 1 saturated carbocycles. The Bertz CT molecular complexity index is 1510. The Balaban J connectivity index is 1.39. The van der Waals surface area contributed by atoms with Crippen molar-refractivity contribution in [2.75, 3.05) is 13.1 Å². The molecule has 2 aliphatic rings. The summed E-state index contributed by atoms with van der Waals surface area (Å²) in [4.78, 5) is 16.4. The van der Waals surface area contributed by atoms with Crippen LogP contribution in [0.1, 0.15) is 62.0 Å². The molecule has 2 aromatic heterocycles. The van der Waals surface area contributed by atoms with E-state index in [0.29, 0.717) is 22.5 Å². The van der Waals surface area contributed by atoms with Gasteiger partial charge in [0.15, 0.2) is 0 Å². The molecule has 4 aromatic rings. The van der Waals surface area contributed by atoms with Gasteiger partial charge >= 0.3 is 0 Å². The fourth-order valence-corrected chi connectivity index (χ4v) is 6.85. The van der Waals surface area contributed by atoms with E-state index >= 15 is 0 Å². The maximum atomic E-state index is 13.9. The number of benzene rings is 2. The van der Waals surface area contributed by atoms with Crippen molar-refractivity contribution in [3.63, 3.8) is 0 Å². The van der Waals surface area contributed by atoms with Crippen LogP contribution in [0.25, 0.3) is 22.1 Å². The van der Waals surface area contributed by atoms with Crippen LogP contribution >= 0.6 is 0 Å². The van der Waals surface area contributed by atoms with Crippen LogP contribution in [-0.2, 0) is 19.0 Å². The highest BCUT2D eigenvalue weighted by molar-refractivity contribution is 5.84. The summed E-state index contributed by atoms with van der Waals surface area (Å²) in [5.41, 5.74) is 5.42. The number of hydrogen-bond donors (Lipinski definition) is 0. The number of piperidine rings is 1. The summed E-state index contributed by atoms with van der Waals surface area (Å²) in [7, 11) is 2.01. The minimum absolute atomic E-state index is 0.0325. The molecule has 0 N–H and O–H groups in total. The van der Waals surface area contributed by atoms with Crippen LogP contribution in [0, 0.1) is 18.8 Å². The van der Waals surface area contributed by atoms with Crippen LogP contribution < -0.4 is 5.43 Å². The minimum atomic E-state index is -0.174. The number of fused-ring (bicyclic) bond motifs is 1. The van der Waals surface area contributed by atoms with E-state index in [1.54, 1.807) is 12.6 Å². The Labute approximate surface area is 218 Å². The van der Waals surface area contributed by atoms with Crippen molar-refractivity contribution < 1.29 is 4.42 Å². The van der Waals surface area contributed by atoms with Gasteiger partial charge in [-0.3, -0.25) is 9.69 Å². The molecule has 1 atom stereocenters. The van der Waals surface area contributed by atoms with Gasteiger partial charge in [-0.2, -0.15) is 0 Å². The normalized spacial score (nSPS) is 24.3. The van der Waals surface area contributed by atoms with Crippen molar-refractivity contribution in [2.24, 2.45) is 18.9 Å². The number of likely N-dealkylation sites (tertiary alicyclic amines) is 1. The lowest BCUT2D eigenvalue weighted by Gasteiger charge is -2.46. The predicted octanol–water partition coefficient (Wildman–Crippen LogP) is 5.84. The molecule has 2 aromatic carbocycles. The Kier molecular flexibility index (Phi) is 6.03. The molecule has 37 heavy (non-hydrogen) atoms. The second-order valence-electron chi connectivity index (χ2n) is 11.7. The van der Waals surface area contributed by atoms with Crippen molar-refractivity contribution >= 4 is 11.0 Å². The third kappa shape index (κ3) is 4.21. The van der Waals surface area contributed by atoms with Gasteiger partial charge in [-0.1, -0.05) is 38.1 Å². The Morgan fingerprint density at radius 3 is 2.70 bits per heavy atom. The van der Waals surface area contributed by atoms with Crippen LogP contribution in [0.2, 0.25) is 0 Å². The van der Waals surface area contributed by atoms with Crippen molar-refractivity contribution in [1.82, 2.24) is 19.7 Å². The monoisotopic (exact) mass is 496 g/mol. The SMILES string of the molecule is Cc1cc(CN2CCCC(C)C2)cc2c(=O)c(-c3cccc(C4(c5nncn5C)CC(C)C4)c3)coc12. The zero-order valence-electron chi connectivity index (χ0n) is 22.3. The lowest BCUT2D eigenvalue weighted by molar-refractivity contribution is 0.176. The number of aromatic nitrogens is 3. The Morgan fingerprint density at radius 1 is 1.14 bits per heavy atom. The summed E-state index contributed by atoms with van der Waals surface area (Å²) in [5.74, 6) is 2.33. The van der Waals surface area contributed by atoms with Crippen LogP contribution in [0.3, 0.4) is 0 Å². The van der Waals surface area contributed by atoms with E-state index in [2.05, 4.69) is 59.3 Å². The lowest BCUT2D eigenvalue weighted by Crippen LogP contribution is -2.43. The highest BCUT2D eigenvalue weighted by Gasteiger charge is 2.48. The van der Waals surface area contributed by atoms with E-state index in [4.69, 9.17) is 4.42 Å². The smallest absolute Gasteiger partial charge is 0.200 e.